The maximum atomic E-state index is 12.9. The Bertz CT molecular complexity index is 1370. The lowest BCUT2D eigenvalue weighted by Gasteiger charge is -2.16. The Labute approximate surface area is 197 Å². The van der Waals surface area contributed by atoms with Gasteiger partial charge in [0.2, 0.25) is 5.91 Å². The normalized spacial score (nSPS) is 11.7. The molecule has 4 rings (SSSR count). The molecule has 1 unspecified atom stereocenters. The van der Waals surface area contributed by atoms with Crippen LogP contribution in [-0.2, 0) is 11.2 Å². The Balaban J connectivity index is 1.35. The molecule has 34 heavy (non-hydrogen) atoms. The van der Waals surface area contributed by atoms with Crippen molar-refractivity contribution in [1.82, 2.24) is 15.3 Å². The van der Waals surface area contributed by atoms with Crippen molar-refractivity contribution in [2.75, 3.05) is 5.32 Å². The van der Waals surface area contributed by atoms with Crippen molar-refractivity contribution in [2.45, 2.75) is 32.2 Å². The van der Waals surface area contributed by atoms with Crippen LogP contribution in [0.5, 0.6) is 0 Å². The van der Waals surface area contributed by atoms with E-state index in [1.165, 1.54) is 0 Å². The zero-order valence-electron chi connectivity index (χ0n) is 18.9. The van der Waals surface area contributed by atoms with Crippen LogP contribution in [-0.4, -0.2) is 21.8 Å². The van der Waals surface area contributed by atoms with Gasteiger partial charge in [0.15, 0.2) is 0 Å². The Kier molecular flexibility index (Phi) is 7.13. The lowest BCUT2D eigenvalue weighted by Crippen LogP contribution is -2.28. The third-order valence-corrected chi connectivity index (χ3v) is 5.57. The number of aryl methyl sites for hydroxylation is 1. The fourth-order valence-corrected chi connectivity index (χ4v) is 3.77. The van der Waals surface area contributed by atoms with Crippen LogP contribution in [0, 0.1) is 0 Å². The molecule has 4 aromatic rings. The Morgan fingerprint density at radius 2 is 1.65 bits per heavy atom. The Hall–Kier alpha value is -4.26. The molecule has 1 aromatic heterocycles. The monoisotopic (exact) mass is 454 g/mol. The fourth-order valence-electron chi connectivity index (χ4n) is 3.77. The van der Waals surface area contributed by atoms with Crippen molar-refractivity contribution in [3.05, 3.63) is 106 Å². The van der Waals surface area contributed by atoms with Crippen LogP contribution in [0.15, 0.2) is 83.7 Å². The largest absolute Gasteiger partial charge is 0.345 e. The summed E-state index contributed by atoms with van der Waals surface area (Å²) in [6.45, 7) is 1.92. The number of nitrogens with one attached hydrogen (secondary N) is 3. The summed E-state index contributed by atoms with van der Waals surface area (Å²) in [4.78, 5) is 44.9. The molecule has 1 atom stereocenters. The molecule has 1 heterocycles. The molecule has 2 amide bonds. The van der Waals surface area contributed by atoms with Gasteiger partial charge in [0.1, 0.15) is 5.82 Å². The molecule has 0 radical (unpaired) electrons. The van der Waals surface area contributed by atoms with Crippen LogP contribution in [0.4, 0.5) is 5.69 Å². The van der Waals surface area contributed by atoms with E-state index in [2.05, 4.69) is 20.6 Å². The number of rotatable bonds is 8. The number of hydrogen-bond donors (Lipinski definition) is 3. The summed E-state index contributed by atoms with van der Waals surface area (Å²) in [6.07, 6.45) is 1.20. The number of anilines is 1. The molecule has 0 aliphatic heterocycles. The summed E-state index contributed by atoms with van der Waals surface area (Å²) in [5.74, 6) is 0.0795. The van der Waals surface area contributed by atoms with Gasteiger partial charge >= 0.3 is 0 Å². The number of aromatic nitrogens is 2. The van der Waals surface area contributed by atoms with E-state index in [0.29, 0.717) is 40.8 Å². The number of carbonyl (C=O) groups excluding carboxylic acids is 2. The van der Waals surface area contributed by atoms with E-state index in [4.69, 9.17) is 0 Å². The fraction of sp³-hybridized carbons (Fsp3) is 0.185. The Morgan fingerprint density at radius 3 is 2.47 bits per heavy atom. The number of amides is 2. The zero-order chi connectivity index (χ0) is 23.9. The minimum atomic E-state index is -0.259. The van der Waals surface area contributed by atoms with Crippen molar-refractivity contribution in [1.29, 1.82) is 0 Å². The number of carbonyl (C=O) groups is 2. The van der Waals surface area contributed by atoms with Crippen molar-refractivity contribution >= 4 is 28.4 Å². The molecular weight excluding hydrogens is 428 g/mol. The molecule has 7 heteroatoms. The van der Waals surface area contributed by atoms with E-state index in [0.717, 1.165) is 5.56 Å². The summed E-state index contributed by atoms with van der Waals surface area (Å²) in [5, 5.41) is 6.36. The van der Waals surface area contributed by atoms with Crippen LogP contribution >= 0.6 is 0 Å². The van der Waals surface area contributed by atoms with Crippen molar-refractivity contribution in [3.63, 3.8) is 0 Å². The predicted molar refractivity (Wildman–Crippen MR) is 133 cm³/mol. The minimum Gasteiger partial charge on any atom is -0.345 e. The summed E-state index contributed by atoms with van der Waals surface area (Å²) in [6, 6.07) is 23.6. The Morgan fingerprint density at radius 1 is 0.941 bits per heavy atom. The van der Waals surface area contributed by atoms with E-state index in [9.17, 15) is 14.4 Å². The van der Waals surface area contributed by atoms with Crippen molar-refractivity contribution in [3.8, 4) is 0 Å². The molecule has 0 aliphatic carbocycles. The third-order valence-electron chi connectivity index (χ3n) is 5.57. The van der Waals surface area contributed by atoms with Gasteiger partial charge in [-0.05, 0) is 43.2 Å². The minimum absolute atomic E-state index is 0.172. The van der Waals surface area contributed by atoms with E-state index in [-0.39, 0.29) is 29.8 Å². The van der Waals surface area contributed by atoms with E-state index < -0.39 is 0 Å². The first-order chi connectivity index (χ1) is 16.5. The van der Waals surface area contributed by atoms with Crippen LogP contribution < -0.4 is 16.2 Å². The highest BCUT2D eigenvalue weighted by atomic mass is 16.2. The van der Waals surface area contributed by atoms with Crippen LogP contribution in [0.25, 0.3) is 10.9 Å². The number of H-pyrrole nitrogens is 1. The number of hydrogen-bond acceptors (Lipinski definition) is 4. The van der Waals surface area contributed by atoms with Crippen molar-refractivity contribution in [2.24, 2.45) is 0 Å². The predicted octanol–water partition coefficient (Wildman–Crippen LogP) is 4.38. The van der Waals surface area contributed by atoms with Gasteiger partial charge in [-0.15, -0.1) is 0 Å². The first kappa shape index (κ1) is 22.9. The van der Waals surface area contributed by atoms with E-state index in [1.807, 2.05) is 43.3 Å². The molecule has 0 saturated carbocycles. The molecule has 3 aromatic carbocycles. The highest BCUT2D eigenvalue weighted by Crippen LogP contribution is 2.18. The zero-order valence-corrected chi connectivity index (χ0v) is 18.9. The van der Waals surface area contributed by atoms with Crippen LogP contribution in [0.3, 0.4) is 0 Å². The van der Waals surface area contributed by atoms with Crippen molar-refractivity contribution < 1.29 is 9.59 Å². The molecule has 172 valence electrons. The molecule has 0 fully saturated rings. The van der Waals surface area contributed by atoms with Gasteiger partial charge in [-0.25, -0.2) is 4.98 Å². The lowest BCUT2D eigenvalue weighted by atomic mass is 10.1. The van der Waals surface area contributed by atoms with Gasteiger partial charge in [0.05, 0.1) is 28.2 Å². The molecule has 0 bridgehead atoms. The second-order valence-corrected chi connectivity index (χ2v) is 8.08. The summed E-state index contributed by atoms with van der Waals surface area (Å²) in [7, 11) is 0. The first-order valence-corrected chi connectivity index (χ1v) is 11.2. The average Bonchev–Trinajstić information content (AvgIpc) is 2.85. The quantitative estimate of drug-likeness (QED) is 0.368. The van der Waals surface area contributed by atoms with Crippen LogP contribution in [0.1, 0.15) is 47.6 Å². The number of nitrogens with zero attached hydrogens (tertiary/aromatic N) is 1. The molecule has 0 aliphatic rings. The summed E-state index contributed by atoms with van der Waals surface area (Å²) >= 11 is 0. The molecule has 3 N–H and O–H groups in total. The van der Waals surface area contributed by atoms with Gasteiger partial charge in [0, 0.05) is 12.8 Å². The maximum absolute atomic E-state index is 12.9. The summed E-state index contributed by atoms with van der Waals surface area (Å²) in [5.41, 5.74) is 2.31. The maximum Gasteiger partial charge on any atom is 0.258 e. The van der Waals surface area contributed by atoms with Gasteiger partial charge in [0.25, 0.3) is 11.5 Å². The molecule has 0 saturated heterocycles. The number of para-hydroxylation sites is 2. The van der Waals surface area contributed by atoms with Gasteiger partial charge in [-0.2, -0.15) is 0 Å². The highest BCUT2D eigenvalue weighted by Gasteiger charge is 2.16. The molecular formula is C27H26N4O3. The standard InChI is InChI=1S/C27H26N4O3/c1-18(19-10-3-2-4-11-19)28-26(33)21-13-6-8-15-23(21)30-25(32)17-9-16-24-29-22-14-7-5-12-20(22)27(34)31-24/h2-8,10-15,18H,9,16-17H2,1H3,(H,28,33)(H,30,32)(H,29,31,34). The second-order valence-electron chi connectivity index (χ2n) is 8.08. The molecule has 0 spiro atoms. The molecule has 7 nitrogen and oxygen atoms in total. The average molecular weight is 455 g/mol. The van der Waals surface area contributed by atoms with Gasteiger partial charge in [-0.3, -0.25) is 14.4 Å². The first-order valence-electron chi connectivity index (χ1n) is 11.2. The third kappa shape index (κ3) is 5.56. The second kappa shape index (κ2) is 10.6. The number of benzene rings is 3. The SMILES string of the molecule is CC(NC(=O)c1ccccc1NC(=O)CCCc1nc2ccccc2c(=O)[nH]1)c1ccccc1. The number of aromatic amines is 1. The topological polar surface area (TPSA) is 104 Å². The van der Waals surface area contributed by atoms with Crippen LogP contribution in [0.2, 0.25) is 0 Å². The summed E-state index contributed by atoms with van der Waals surface area (Å²) < 4.78 is 0. The number of fused-ring (bicyclic) bond motifs is 1. The van der Waals surface area contributed by atoms with E-state index in [1.54, 1.807) is 42.5 Å². The smallest absolute Gasteiger partial charge is 0.258 e. The highest BCUT2D eigenvalue weighted by molar-refractivity contribution is 6.03. The van der Waals surface area contributed by atoms with Gasteiger partial charge in [-0.1, -0.05) is 54.6 Å². The lowest BCUT2D eigenvalue weighted by molar-refractivity contribution is -0.116. The van der Waals surface area contributed by atoms with Gasteiger partial charge < -0.3 is 15.6 Å². The van der Waals surface area contributed by atoms with E-state index >= 15 is 0 Å².